The van der Waals surface area contributed by atoms with Gasteiger partial charge in [0.05, 0.1) is 22.1 Å². The number of carbonyl (C=O) groups excluding carboxylic acids is 1. The van der Waals surface area contributed by atoms with E-state index in [1.807, 2.05) is 63.2 Å². The van der Waals surface area contributed by atoms with E-state index in [1.165, 1.54) is 11.3 Å². The summed E-state index contributed by atoms with van der Waals surface area (Å²) in [6.45, 7) is 5.81. The van der Waals surface area contributed by atoms with Gasteiger partial charge in [0.25, 0.3) is 0 Å². The molecule has 0 saturated heterocycles. The van der Waals surface area contributed by atoms with E-state index in [-0.39, 0.29) is 12.3 Å². The molecule has 4 aromatic rings. The lowest BCUT2D eigenvalue weighted by Crippen LogP contribution is -2.33. The van der Waals surface area contributed by atoms with Gasteiger partial charge < -0.3 is 10.0 Å². The van der Waals surface area contributed by atoms with Crippen LogP contribution in [0.15, 0.2) is 48.5 Å². The molecule has 172 valence electrons. The summed E-state index contributed by atoms with van der Waals surface area (Å²) in [6, 6.07) is 15.4. The number of hydrogen-bond donors (Lipinski definition) is 1. The van der Waals surface area contributed by atoms with Crippen LogP contribution < -0.4 is 4.90 Å². The number of thiazole rings is 1. The average molecular weight is 491 g/mol. The Kier molecular flexibility index (Phi) is 5.26. The summed E-state index contributed by atoms with van der Waals surface area (Å²) in [5, 5.41) is 11.0. The molecule has 1 amide bonds. The van der Waals surface area contributed by atoms with Crippen molar-refractivity contribution < 1.29 is 14.7 Å². The molecule has 5 nitrogen and oxygen atoms in total. The molecule has 0 bridgehead atoms. The molecule has 34 heavy (non-hydrogen) atoms. The number of likely N-dealkylation sites (N-methyl/N-ethyl adjacent to an activating group) is 1. The van der Waals surface area contributed by atoms with E-state index in [2.05, 4.69) is 6.07 Å². The monoisotopic (exact) mass is 490 g/mol. The largest absolute Gasteiger partial charge is 0.481 e. The van der Waals surface area contributed by atoms with Crippen LogP contribution in [0.2, 0.25) is 5.02 Å². The predicted octanol–water partition coefficient (Wildman–Crippen LogP) is 6.47. The van der Waals surface area contributed by atoms with Gasteiger partial charge >= 0.3 is 5.97 Å². The number of aromatic nitrogens is 1. The summed E-state index contributed by atoms with van der Waals surface area (Å²) < 4.78 is 0.937. The van der Waals surface area contributed by atoms with E-state index in [1.54, 1.807) is 11.9 Å². The van der Waals surface area contributed by atoms with E-state index in [0.29, 0.717) is 5.02 Å². The molecule has 2 heterocycles. The number of aryl methyl sites for hydroxylation is 1. The maximum Gasteiger partial charge on any atom is 0.307 e. The zero-order chi connectivity index (χ0) is 24.4. The molecule has 0 atom stereocenters. The minimum atomic E-state index is -0.878. The fraction of sp³-hybridized carbons (Fsp3) is 0.222. The lowest BCUT2D eigenvalue weighted by molar-refractivity contribution is -0.136. The second-order valence-electron chi connectivity index (χ2n) is 9.21. The van der Waals surface area contributed by atoms with Crippen LogP contribution in [0.5, 0.6) is 0 Å². The quantitative estimate of drug-likeness (QED) is 0.355. The number of carboxylic acid groups (broad SMARTS) is 1. The minimum Gasteiger partial charge on any atom is -0.481 e. The first kappa shape index (κ1) is 22.6. The first-order valence-electron chi connectivity index (χ1n) is 10.9. The van der Waals surface area contributed by atoms with Crippen LogP contribution in [0.4, 0.5) is 5.69 Å². The number of aliphatic carboxylic acids is 1. The Balaban J connectivity index is 1.73. The van der Waals surface area contributed by atoms with Gasteiger partial charge in [-0.3, -0.25) is 9.59 Å². The molecule has 1 aliphatic heterocycles. The minimum absolute atomic E-state index is 0.0721. The Morgan fingerprint density at radius 2 is 1.79 bits per heavy atom. The molecular formula is C27H23ClN2O3S. The summed E-state index contributed by atoms with van der Waals surface area (Å²) in [5.74, 6) is -0.806. The third kappa shape index (κ3) is 3.49. The molecule has 0 radical (unpaired) electrons. The first-order chi connectivity index (χ1) is 16.1. The van der Waals surface area contributed by atoms with Gasteiger partial charge in [0.2, 0.25) is 5.91 Å². The normalized spacial score (nSPS) is 14.6. The molecule has 3 aromatic carbocycles. The lowest BCUT2D eigenvalue weighted by Gasteiger charge is -2.16. The summed E-state index contributed by atoms with van der Waals surface area (Å²) in [5.41, 5.74) is 6.52. The van der Waals surface area contributed by atoms with Gasteiger partial charge in [0.1, 0.15) is 5.01 Å². The summed E-state index contributed by atoms with van der Waals surface area (Å²) in [6.07, 6.45) is -0.0750. The van der Waals surface area contributed by atoms with Crippen LogP contribution >= 0.6 is 22.9 Å². The van der Waals surface area contributed by atoms with Crippen LogP contribution in [0, 0.1) is 6.92 Å². The van der Waals surface area contributed by atoms with Gasteiger partial charge in [-0.1, -0.05) is 23.7 Å². The Morgan fingerprint density at radius 1 is 1.12 bits per heavy atom. The number of carboxylic acids is 1. The molecule has 0 saturated carbocycles. The fourth-order valence-corrected chi connectivity index (χ4v) is 6.03. The second kappa shape index (κ2) is 7.93. The topological polar surface area (TPSA) is 70.5 Å². The number of benzene rings is 3. The van der Waals surface area contributed by atoms with E-state index >= 15 is 0 Å². The molecule has 5 rings (SSSR count). The highest BCUT2D eigenvalue weighted by molar-refractivity contribution is 7.22. The number of carbonyl (C=O) groups is 2. The summed E-state index contributed by atoms with van der Waals surface area (Å²) in [4.78, 5) is 31.0. The van der Waals surface area contributed by atoms with Gasteiger partial charge in [0, 0.05) is 28.9 Å². The van der Waals surface area contributed by atoms with Gasteiger partial charge in [-0.2, -0.15) is 0 Å². The molecule has 1 aromatic heterocycles. The van der Waals surface area contributed by atoms with Gasteiger partial charge in [-0.25, -0.2) is 4.98 Å². The van der Waals surface area contributed by atoms with E-state index < -0.39 is 11.4 Å². The van der Waals surface area contributed by atoms with Crippen molar-refractivity contribution in [1.82, 2.24) is 4.98 Å². The van der Waals surface area contributed by atoms with Crippen molar-refractivity contribution >= 4 is 50.7 Å². The van der Waals surface area contributed by atoms with Crippen LogP contribution in [0.1, 0.15) is 30.5 Å². The number of nitrogens with zero attached hydrogens (tertiary/aromatic N) is 2. The Hall–Kier alpha value is -3.22. The van der Waals surface area contributed by atoms with Crippen molar-refractivity contribution in [3.63, 3.8) is 0 Å². The van der Waals surface area contributed by atoms with Crippen LogP contribution in [0.25, 0.3) is 31.9 Å². The van der Waals surface area contributed by atoms with Crippen molar-refractivity contribution in [3.05, 3.63) is 70.2 Å². The van der Waals surface area contributed by atoms with Crippen molar-refractivity contribution in [3.8, 4) is 21.7 Å². The van der Waals surface area contributed by atoms with E-state index in [4.69, 9.17) is 16.6 Å². The standard InChI is InChI=1S/C27H23ClN2O3S/c1-14-11-20-24(23(18(14)13-22(31)32)15-5-8-17(28)9-6-15)34-25(29-20)16-7-10-21-19(12-16)27(2,3)26(33)30(21)4/h5-12H,13H2,1-4H3,(H,31,32). The summed E-state index contributed by atoms with van der Waals surface area (Å²) in [7, 11) is 1.80. The highest BCUT2D eigenvalue weighted by Gasteiger charge is 2.42. The SMILES string of the molecule is Cc1cc2nc(-c3ccc4c(c3)C(C)(C)C(=O)N4C)sc2c(-c2ccc(Cl)cc2)c1CC(=O)O. The van der Waals surface area contributed by atoms with Crippen molar-refractivity contribution in [2.45, 2.75) is 32.6 Å². The summed E-state index contributed by atoms with van der Waals surface area (Å²) >= 11 is 7.65. The molecule has 0 aliphatic carbocycles. The van der Waals surface area contributed by atoms with Gasteiger partial charge in [-0.15, -0.1) is 11.3 Å². The number of amides is 1. The van der Waals surface area contributed by atoms with Gasteiger partial charge in [-0.05, 0) is 79.4 Å². The predicted molar refractivity (Wildman–Crippen MR) is 138 cm³/mol. The molecule has 0 unspecified atom stereocenters. The molecule has 1 aliphatic rings. The third-order valence-corrected chi connectivity index (χ3v) is 7.98. The maximum absolute atomic E-state index is 12.7. The smallest absolute Gasteiger partial charge is 0.307 e. The number of halogens is 1. The van der Waals surface area contributed by atoms with Crippen molar-refractivity contribution in [2.75, 3.05) is 11.9 Å². The van der Waals surface area contributed by atoms with E-state index in [0.717, 1.165) is 54.3 Å². The Bertz CT molecular complexity index is 1490. The molecular weight excluding hydrogens is 468 g/mol. The third-order valence-electron chi connectivity index (χ3n) is 6.59. The van der Waals surface area contributed by atoms with Crippen molar-refractivity contribution in [1.29, 1.82) is 0 Å². The second-order valence-corrected chi connectivity index (χ2v) is 10.6. The zero-order valence-corrected chi connectivity index (χ0v) is 20.8. The highest BCUT2D eigenvalue weighted by atomic mass is 35.5. The van der Waals surface area contributed by atoms with Crippen molar-refractivity contribution in [2.24, 2.45) is 0 Å². The number of rotatable bonds is 4. The first-order valence-corrected chi connectivity index (χ1v) is 12.1. The van der Waals surface area contributed by atoms with Crippen LogP contribution in [-0.2, 0) is 21.4 Å². The Labute approximate surface area is 206 Å². The maximum atomic E-state index is 12.7. The average Bonchev–Trinajstić information content (AvgIpc) is 3.28. The van der Waals surface area contributed by atoms with Crippen LogP contribution in [0.3, 0.4) is 0 Å². The highest BCUT2D eigenvalue weighted by Crippen LogP contribution is 2.45. The number of anilines is 1. The molecule has 0 fully saturated rings. The molecule has 1 N–H and O–H groups in total. The molecule has 0 spiro atoms. The van der Waals surface area contributed by atoms with E-state index in [9.17, 15) is 14.7 Å². The van der Waals surface area contributed by atoms with Crippen LogP contribution in [-0.4, -0.2) is 29.0 Å². The number of hydrogen-bond acceptors (Lipinski definition) is 4. The van der Waals surface area contributed by atoms with Gasteiger partial charge in [0.15, 0.2) is 0 Å². The lowest BCUT2D eigenvalue weighted by atomic mass is 9.85. The zero-order valence-electron chi connectivity index (χ0n) is 19.3. The number of fused-ring (bicyclic) bond motifs is 2. The fourth-order valence-electron chi connectivity index (χ4n) is 4.77. The molecule has 7 heteroatoms. The Morgan fingerprint density at radius 3 is 2.47 bits per heavy atom.